The van der Waals surface area contributed by atoms with Crippen LogP contribution < -0.4 is 9.64 Å². The number of aromatic nitrogens is 1. The van der Waals surface area contributed by atoms with Gasteiger partial charge in [0.1, 0.15) is 12.4 Å². The van der Waals surface area contributed by atoms with Crippen LogP contribution in [0, 0.1) is 27.7 Å². The molecule has 0 aliphatic carbocycles. The van der Waals surface area contributed by atoms with E-state index in [0.717, 1.165) is 28.0 Å². The number of nitrogens with zero attached hydrogens (tertiary/aromatic N) is 2. The fourth-order valence-electron chi connectivity index (χ4n) is 3.38. The van der Waals surface area contributed by atoms with Gasteiger partial charge in [-0.25, -0.2) is 4.98 Å². The summed E-state index contributed by atoms with van der Waals surface area (Å²) in [5, 5.41) is 2.72. The molecule has 8 heteroatoms. The molecule has 1 aromatic heterocycles. The molecular weight excluding hydrogens is 460 g/mol. The minimum absolute atomic E-state index is 0.0190. The van der Waals surface area contributed by atoms with Crippen molar-refractivity contribution in [3.05, 3.63) is 68.7 Å². The number of carbonyl (C=O) groups is 2. The summed E-state index contributed by atoms with van der Waals surface area (Å²) in [6.45, 7) is 9.52. The van der Waals surface area contributed by atoms with Crippen molar-refractivity contribution in [3.63, 3.8) is 0 Å². The van der Waals surface area contributed by atoms with E-state index in [2.05, 4.69) is 4.98 Å². The van der Waals surface area contributed by atoms with Crippen LogP contribution in [-0.2, 0) is 20.9 Å². The highest BCUT2D eigenvalue weighted by molar-refractivity contribution is 7.14. The number of ether oxygens (including phenoxy) is 2. The van der Waals surface area contributed by atoms with E-state index in [4.69, 9.17) is 21.1 Å². The van der Waals surface area contributed by atoms with Crippen LogP contribution in [0.4, 0.5) is 10.8 Å². The van der Waals surface area contributed by atoms with Gasteiger partial charge < -0.3 is 9.47 Å². The molecule has 6 nitrogen and oxygen atoms in total. The molecule has 0 bridgehead atoms. The minimum atomic E-state index is -0.379. The third-order valence-electron chi connectivity index (χ3n) is 4.96. The van der Waals surface area contributed by atoms with E-state index in [1.807, 2.05) is 58.0 Å². The molecule has 3 rings (SSSR count). The molecule has 0 radical (unpaired) electrons. The Labute approximate surface area is 203 Å². The molecule has 0 unspecified atom stereocenters. The number of benzene rings is 2. The number of thiazole rings is 1. The zero-order valence-corrected chi connectivity index (χ0v) is 21.0. The predicted molar refractivity (Wildman–Crippen MR) is 132 cm³/mol. The molecule has 2 aromatic carbocycles. The van der Waals surface area contributed by atoms with Crippen molar-refractivity contribution >= 4 is 45.6 Å². The van der Waals surface area contributed by atoms with Gasteiger partial charge in [-0.2, -0.15) is 0 Å². The normalized spacial score (nSPS) is 10.7. The van der Waals surface area contributed by atoms with Crippen molar-refractivity contribution < 1.29 is 19.1 Å². The second kappa shape index (κ2) is 10.8. The van der Waals surface area contributed by atoms with E-state index >= 15 is 0 Å². The summed E-state index contributed by atoms with van der Waals surface area (Å²) >= 11 is 7.74. The van der Waals surface area contributed by atoms with E-state index < -0.39 is 0 Å². The van der Waals surface area contributed by atoms with Crippen LogP contribution in [0.25, 0.3) is 0 Å². The van der Waals surface area contributed by atoms with Crippen molar-refractivity contribution in [2.45, 2.75) is 47.6 Å². The lowest BCUT2D eigenvalue weighted by atomic mass is 10.1. The Morgan fingerprint density at radius 2 is 1.82 bits per heavy atom. The van der Waals surface area contributed by atoms with Gasteiger partial charge in [0.05, 0.1) is 29.4 Å². The fourth-order valence-corrected chi connectivity index (χ4v) is 4.64. The minimum Gasteiger partial charge on any atom is -0.493 e. The predicted octanol–water partition coefficient (Wildman–Crippen LogP) is 6.23. The average molecular weight is 487 g/mol. The van der Waals surface area contributed by atoms with Gasteiger partial charge in [0, 0.05) is 12.3 Å². The number of anilines is 2. The maximum atomic E-state index is 12.4. The van der Waals surface area contributed by atoms with Crippen LogP contribution in [-0.4, -0.2) is 23.5 Å². The van der Waals surface area contributed by atoms with Crippen LogP contribution in [0.2, 0.25) is 5.02 Å². The van der Waals surface area contributed by atoms with Crippen LogP contribution in [0.3, 0.4) is 0 Å². The Bertz CT molecular complexity index is 1150. The van der Waals surface area contributed by atoms with Crippen molar-refractivity contribution in [1.82, 2.24) is 4.98 Å². The highest BCUT2D eigenvalue weighted by atomic mass is 35.5. The number of amides is 1. The second-order valence-electron chi connectivity index (χ2n) is 7.92. The first-order valence-electron chi connectivity index (χ1n) is 10.5. The number of hydrogen-bond donors (Lipinski definition) is 0. The summed E-state index contributed by atoms with van der Waals surface area (Å²) in [6, 6.07) is 9.73. The van der Waals surface area contributed by atoms with Crippen molar-refractivity contribution in [1.29, 1.82) is 0 Å². The van der Waals surface area contributed by atoms with E-state index in [1.54, 1.807) is 5.38 Å². The third kappa shape index (κ3) is 6.33. The maximum absolute atomic E-state index is 12.4. The summed E-state index contributed by atoms with van der Waals surface area (Å²) < 4.78 is 11.0. The Morgan fingerprint density at radius 3 is 2.52 bits per heavy atom. The monoisotopic (exact) mass is 486 g/mol. The number of hydrogen-bond acceptors (Lipinski definition) is 6. The molecule has 0 atom stereocenters. The summed E-state index contributed by atoms with van der Waals surface area (Å²) in [6.07, 6.45) is 0.127. The lowest BCUT2D eigenvalue weighted by molar-refractivity contribution is -0.145. The van der Waals surface area contributed by atoms with E-state index in [-0.39, 0.29) is 31.5 Å². The number of halogens is 1. The molecule has 0 fully saturated rings. The Hall–Kier alpha value is -2.90. The highest BCUT2D eigenvalue weighted by Crippen LogP contribution is 2.37. The zero-order chi connectivity index (χ0) is 24.1. The zero-order valence-electron chi connectivity index (χ0n) is 19.4. The first-order chi connectivity index (χ1) is 15.7. The quantitative estimate of drug-likeness (QED) is 0.353. The fraction of sp³-hybridized carbons (Fsp3) is 0.320. The number of rotatable bonds is 8. The van der Waals surface area contributed by atoms with Gasteiger partial charge in [0.2, 0.25) is 5.91 Å². The van der Waals surface area contributed by atoms with Crippen LogP contribution in [0.15, 0.2) is 35.7 Å². The van der Waals surface area contributed by atoms with E-state index in [1.165, 1.54) is 23.2 Å². The number of aryl methyl sites for hydroxylation is 4. The van der Waals surface area contributed by atoms with Crippen LogP contribution in [0.5, 0.6) is 5.75 Å². The largest absolute Gasteiger partial charge is 0.493 e. The van der Waals surface area contributed by atoms with Crippen LogP contribution >= 0.6 is 22.9 Å². The van der Waals surface area contributed by atoms with Gasteiger partial charge in [-0.1, -0.05) is 29.8 Å². The van der Waals surface area contributed by atoms with Gasteiger partial charge in [-0.05, 0) is 62.1 Å². The van der Waals surface area contributed by atoms with Gasteiger partial charge in [-0.15, -0.1) is 11.3 Å². The third-order valence-corrected chi connectivity index (χ3v) is 6.12. The van der Waals surface area contributed by atoms with Gasteiger partial charge in [-0.3, -0.25) is 14.5 Å². The summed E-state index contributed by atoms with van der Waals surface area (Å²) in [5.74, 6) is 0.183. The Balaban J connectivity index is 1.60. The van der Waals surface area contributed by atoms with Crippen molar-refractivity contribution in [2.75, 3.05) is 11.5 Å². The standard InChI is InChI=1S/C25H27ClN2O4S/c1-15-6-7-17(3)22(12-15)31-9-8-23(30)32-13-20-14-33-25(27-20)28(19(5)29)24-18(4)10-16(2)11-21(24)26/h6-7,10-12,14H,8-9,13H2,1-5H3. The SMILES string of the molecule is CC(=O)N(c1nc(COC(=O)CCOc2cc(C)ccc2C)cs1)c1c(C)cc(C)cc1Cl. The first-order valence-corrected chi connectivity index (χ1v) is 11.8. The lowest BCUT2D eigenvalue weighted by Gasteiger charge is -2.22. The molecule has 3 aromatic rings. The molecule has 1 heterocycles. The molecule has 0 aliphatic heterocycles. The second-order valence-corrected chi connectivity index (χ2v) is 9.16. The van der Waals surface area contributed by atoms with Crippen molar-refractivity contribution in [3.8, 4) is 5.75 Å². The summed E-state index contributed by atoms with van der Waals surface area (Å²) in [4.78, 5) is 30.5. The van der Waals surface area contributed by atoms with Gasteiger partial charge in [0.15, 0.2) is 5.13 Å². The molecule has 0 N–H and O–H groups in total. The smallest absolute Gasteiger partial charge is 0.309 e. The molecule has 0 saturated carbocycles. The molecular formula is C25H27ClN2O4S. The van der Waals surface area contributed by atoms with Crippen molar-refractivity contribution in [2.24, 2.45) is 0 Å². The van der Waals surface area contributed by atoms with Crippen LogP contribution in [0.1, 0.15) is 41.3 Å². The molecule has 0 spiro atoms. The first kappa shape index (κ1) is 24.7. The molecule has 174 valence electrons. The topological polar surface area (TPSA) is 68.7 Å². The van der Waals surface area contributed by atoms with Gasteiger partial charge >= 0.3 is 5.97 Å². The number of esters is 1. The van der Waals surface area contributed by atoms with Gasteiger partial charge in [0.25, 0.3) is 0 Å². The van der Waals surface area contributed by atoms with E-state index in [0.29, 0.717) is 21.5 Å². The lowest BCUT2D eigenvalue weighted by Crippen LogP contribution is -2.24. The molecule has 0 aliphatic rings. The Morgan fingerprint density at radius 1 is 1.06 bits per heavy atom. The molecule has 0 saturated heterocycles. The van der Waals surface area contributed by atoms with E-state index in [9.17, 15) is 9.59 Å². The maximum Gasteiger partial charge on any atom is 0.309 e. The number of carbonyl (C=O) groups excluding carboxylic acids is 2. The summed E-state index contributed by atoms with van der Waals surface area (Å²) in [5.41, 5.74) is 5.17. The summed E-state index contributed by atoms with van der Waals surface area (Å²) in [7, 11) is 0. The molecule has 33 heavy (non-hydrogen) atoms. The average Bonchev–Trinajstić information content (AvgIpc) is 3.19. The Kier molecular flexibility index (Phi) is 8.10. The highest BCUT2D eigenvalue weighted by Gasteiger charge is 2.23. The molecule has 1 amide bonds.